The third-order valence-electron chi connectivity index (χ3n) is 3.63. The Labute approximate surface area is 133 Å². The lowest BCUT2D eigenvalue weighted by atomic mass is 10.1. The second-order valence-corrected chi connectivity index (χ2v) is 12.5. The topological polar surface area (TPSA) is 66.0 Å². The van der Waals surface area contributed by atoms with Crippen LogP contribution in [0.5, 0.6) is 0 Å². The molecule has 0 saturated carbocycles. The van der Waals surface area contributed by atoms with Crippen molar-refractivity contribution in [3.8, 4) is 11.3 Å². The number of pyridine rings is 1. The van der Waals surface area contributed by atoms with Gasteiger partial charge in [-0.05, 0) is 32.0 Å². The van der Waals surface area contributed by atoms with Gasteiger partial charge in [0.25, 0.3) is 0 Å². The van der Waals surface area contributed by atoms with E-state index in [1.807, 2.05) is 23.7 Å². The van der Waals surface area contributed by atoms with Gasteiger partial charge in [-0.3, -0.25) is 4.98 Å². The molecular weight excluding hydrogens is 292 g/mol. The minimum atomic E-state index is -1.05. The predicted molar refractivity (Wildman–Crippen MR) is 93.4 cm³/mol. The Hall–Kier alpha value is -1.66. The standard InChI is InChI=1S/C16H26N4OSi/c1-12-16(15-7-6-14(17)10-18-15)13(2)20(19-12)11-21-8-9-22(3,4)5/h6-7,10H,8-9,11,17H2,1-5H3. The zero-order valence-corrected chi connectivity index (χ0v) is 15.2. The van der Waals surface area contributed by atoms with E-state index in [-0.39, 0.29) is 0 Å². The van der Waals surface area contributed by atoms with Crippen LogP contribution in [0.2, 0.25) is 25.7 Å². The highest BCUT2D eigenvalue weighted by molar-refractivity contribution is 6.76. The Kier molecular flexibility index (Phi) is 5.03. The van der Waals surface area contributed by atoms with Gasteiger partial charge in [-0.2, -0.15) is 5.10 Å². The van der Waals surface area contributed by atoms with Crippen LogP contribution >= 0.6 is 0 Å². The molecule has 2 rings (SSSR count). The van der Waals surface area contributed by atoms with Gasteiger partial charge in [0, 0.05) is 25.9 Å². The van der Waals surface area contributed by atoms with Crippen LogP contribution in [0.25, 0.3) is 11.3 Å². The number of hydrogen-bond acceptors (Lipinski definition) is 4. The van der Waals surface area contributed by atoms with E-state index in [4.69, 9.17) is 10.5 Å². The quantitative estimate of drug-likeness (QED) is 0.654. The molecule has 2 N–H and O–H groups in total. The molecular formula is C16H26N4OSi. The molecule has 0 bridgehead atoms. The van der Waals surface area contributed by atoms with Crippen LogP contribution in [-0.4, -0.2) is 29.4 Å². The lowest BCUT2D eigenvalue weighted by Crippen LogP contribution is -2.22. The number of hydrogen-bond donors (Lipinski definition) is 1. The van der Waals surface area contributed by atoms with Gasteiger partial charge in [-0.25, -0.2) is 4.68 Å². The molecule has 2 heterocycles. The van der Waals surface area contributed by atoms with E-state index in [9.17, 15) is 0 Å². The van der Waals surface area contributed by atoms with Gasteiger partial charge in [0.05, 0.1) is 23.3 Å². The van der Waals surface area contributed by atoms with Gasteiger partial charge < -0.3 is 10.5 Å². The number of rotatable bonds is 6. The van der Waals surface area contributed by atoms with Crippen molar-refractivity contribution >= 4 is 13.8 Å². The van der Waals surface area contributed by atoms with E-state index >= 15 is 0 Å². The second-order valence-electron chi connectivity index (χ2n) is 6.87. The molecule has 0 aliphatic carbocycles. The zero-order valence-electron chi connectivity index (χ0n) is 14.2. The first-order chi connectivity index (χ1) is 10.3. The van der Waals surface area contributed by atoms with Crippen LogP contribution < -0.4 is 5.73 Å². The number of nitrogen functional groups attached to an aromatic ring is 1. The SMILES string of the molecule is Cc1nn(COCC[Si](C)(C)C)c(C)c1-c1ccc(N)cn1. The van der Waals surface area contributed by atoms with Crippen molar-refractivity contribution in [3.05, 3.63) is 29.7 Å². The number of nitrogens with zero attached hydrogens (tertiary/aromatic N) is 3. The molecule has 120 valence electrons. The summed E-state index contributed by atoms with van der Waals surface area (Å²) in [5.41, 5.74) is 10.4. The molecule has 22 heavy (non-hydrogen) atoms. The van der Waals surface area contributed by atoms with Crippen LogP contribution in [0.1, 0.15) is 11.4 Å². The molecule has 6 heteroatoms. The van der Waals surface area contributed by atoms with E-state index < -0.39 is 8.07 Å². The fourth-order valence-corrected chi connectivity index (χ4v) is 3.03. The summed E-state index contributed by atoms with van der Waals surface area (Å²) >= 11 is 0. The first kappa shape index (κ1) is 16.7. The summed E-state index contributed by atoms with van der Waals surface area (Å²) in [5, 5.41) is 4.57. The van der Waals surface area contributed by atoms with Gasteiger partial charge in [0.1, 0.15) is 6.73 Å². The summed E-state index contributed by atoms with van der Waals surface area (Å²) in [4.78, 5) is 4.40. The maximum atomic E-state index is 5.79. The number of nitrogens with two attached hydrogens (primary N) is 1. The molecule has 0 unspecified atom stereocenters. The first-order valence-electron chi connectivity index (χ1n) is 7.61. The normalized spacial score (nSPS) is 11.9. The molecule has 2 aromatic heterocycles. The van der Waals surface area contributed by atoms with Gasteiger partial charge in [-0.15, -0.1) is 0 Å². The highest BCUT2D eigenvalue weighted by atomic mass is 28.3. The monoisotopic (exact) mass is 318 g/mol. The largest absolute Gasteiger partial charge is 0.397 e. The van der Waals surface area contributed by atoms with Gasteiger partial charge in [0.2, 0.25) is 0 Å². The fourth-order valence-electron chi connectivity index (χ4n) is 2.28. The van der Waals surface area contributed by atoms with Gasteiger partial charge in [-0.1, -0.05) is 19.6 Å². The Morgan fingerprint density at radius 3 is 2.55 bits per heavy atom. The molecule has 5 nitrogen and oxygen atoms in total. The number of ether oxygens (including phenoxy) is 1. The summed E-state index contributed by atoms with van der Waals surface area (Å²) in [7, 11) is -1.05. The van der Waals surface area contributed by atoms with E-state index in [1.54, 1.807) is 6.20 Å². The van der Waals surface area contributed by atoms with Gasteiger partial charge >= 0.3 is 0 Å². The molecule has 2 aromatic rings. The second kappa shape index (κ2) is 6.62. The molecule has 0 fully saturated rings. The molecule has 0 radical (unpaired) electrons. The predicted octanol–water partition coefficient (Wildman–Crippen LogP) is 3.46. The van der Waals surface area contributed by atoms with Crippen LogP contribution in [0.15, 0.2) is 18.3 Å². The first-order valence-corrected chi connectivity index (χ1v) is 11.3. The third-order valence-corrected chi connectivity index (χ3v) is 5.34. The zero-order chi connectivity index (χ0) is 16.3. The summed E-state index contributed by atoms with van der Waals surface area (Å²) in [6, 6.07) is 4.96. The summed E-state index contributed by atoms with van der Waals surface area (Å²) in [5.74, 6) is 0. The van der Waals surface area contributed by atoms with Crippen molar-refractivity contribution in [2.45, 2.75) is 46.3 Å². The lowest BCUT2D eigenvalue weighted by molar-refractivity contribution is 0.0770. The van der Waals surface area contributed by atoms with Crippen molar-refractivity contribution in [3.63, 3.8) is 0 Å². The maximum Gasteiger partial charge on any atom is 0.139 e. The highest BCUT2D eigenvalue weighted by Crippen LogP contribution is 2.25. The number of aryl methyl sites for hydroxylation is 1. The third kappa shape index (κ3) is 4.17. The minimum Gasteiger partial charge on any atom is -0.397 e. The molecule has 0 spiro atoms. The summed E-state index contributed by atoms with van der Waals surface area (Å²) in [6.45, 7) is 12.4. The Morgan fingerprint density at radius 2 is 1.95 bits per heavy atom. The minimum absolute atomic E-state index is 0.492. The Bertz CT molecular complexity index is 629. The number of anilines is 1. The van der Waals surface area contributed by atoms with Crippen molar-refractivity contribution in [1.29, 1.82) is 0 Å². The van der Waals surface area contributed by atoms with Crippen LogP contribution in [0.3, 0.4) is 0 Å². The van der Waals surface area contributed by atoms with Crippen molar-refractivity contribution < 1.29 is 4.74 Å². The maximum absolute atomic E-state index is 5.79. The Balaban J connectivity index is 2.09. The van der Waals surface area contributed by atoms with Crippen molar-refractivity contribution in [2.24, 2.45) is 0 Å². The summed E-state index contributed by atoms with van der Waals surface area (Å²) in [6.07, 6.45) is 1.68. The van der Waals surface area contributed by atoms with E-state index in [0.29, 0.717) is 12.4 Å². The average molecular weight is 318 g/mol. The number of aromatic nitrogens is 3. The molecule has 0 atom stereocenters. The van der Waals surface area contributed by atoms with Crippen molar-refractivity contribution in [1.82, 2.24) is 14.8 Å². The fraction of sp³-hybridized carbons (Fsp3) is 0.500. The van der Waals surface area contributed by atoms with Gasteiger partial charge in [0.15, 0.2) is 0 Å². The van der Waals surface area contributed by atoms with E-state index in [0.717, 1.165) is 29.3 Å². The molecule has 0 amide bonds. The summed E-state index contributed by atoms with van der Waals surface area (Å²) < 4.78 is 7.70. The molecule has 0 aromatic carbocycles. The van der Waals surface area contributed by atoms with Crippen LogP contribution in [-0.2, 0) is 11.5 Å². The smallest absolute Gasteiger partial charge is 0.139 e. The van der Waals surface area contributed by atoms with E-state index in [1.165, 1.54) is 6.04 Å². The van der Waals surface area contributed by atoms with Crippen LogP contribution in [0.4, 0.5) is 5.69 Å². The average Bonchev–Trinajstić information content (AvgIpc) is 2.70. The Morgan fingerprint density at radius 1 is 1.23 bits per heavy atom. The van der Waals surface area contributed by atoms with Crippen LogP contribution in [0, 0.1) is 13.8 Å². The molecule has 0 saturated heterocycles. The van der Waals surface area contributed by atoms with Crippen molar-refractivity contribution in [2.75, 3.05) is 12.3 Å². The van der Waals surface area contributed by atoms with E-state index in [2.05, 4.69) is 36.6 Å². The molecule has 0 aliphatic heterocycles. The highest BCUT2D eigenvalue weighted by Gasteiger charge is 2.15. The lowest BCUT2D eigenvalue weighted by Gasteiger charge is -2.15. The molecule has 0 aliphatic rings.